The van der Waals surface area contributed by atoms with Gasteiger partial charge in [0.05, 0.1) is 5.02 Å². The van der Waals surface area contributed by atoms with Crippen LogP contribution in [0.15, 0.2) is 47.2 Å². The minimum absolute atomic E-state index is 0.267. The number of halogens is 2. The summed E-state index contributed by atoms with van der Waals surface area (Å²) in [6.07, 6.45) is 5.47. The lowest BCUT2D eigenvalue weighted by atomic mass is 9.99. The van der Waals surface area contributed by atoms with Crippen LogP contribution in [0.4, 0.5) is 0 Å². The SMILES string of the molecule is CCCNC(Cc1ccncc1Cl)c1ccc(Br)cc1. The van der Waals surface area contributed by atoms with Crippen LogP contribution in [0.3, 0.4) is 0 Å². The van der Waals surface area contributed by atoms with E-state index in [1.807, 2.05) is 6.07 Å². The lowest BCUT2D eigenvalue weighted by Crippen LogP contribution is -2.24. The Morgan fingerprint density at radius 1 is 1.25 bits per heavy atom. The maximum atomic E-state index is 6.22. The maximum absolute atomic E-state index is 6.22. The molecule has 0 aliphatic heterocycles. The minimum Gasteiger partial charge on any atom is -0.310 e. The zero-order valence-corrected chi connectivity index (χ0v) is 13.8. The molecule has 4 heteroatoms. The van der Waals surface area contributed by atoms with Crippen LogP contribution in [0, 0.1) is 0 Å². The molecule has 0 fully saturated rings. The van der Waals surface area contributed by atoms with Gasteiger partial charge in [-0.05, 0) is 48.7 Å². The molecule has 1 unspecified atom stereocenters. The first-order valence-corrected chi connectivity index (χ1v) is 7.95. The van der Waals surface area contributed by atoms with E-state index in [0.717, 1.165) is 34.4 Å². The Morgan fingerprint density at radius 3 is 2.65 bits per heavy atom. The first-order chi connectivity index (χ1) is 9.70. The van der Waals surface area contributed by atoms with E-state index in [0.29, 0.717) is 0 Å². The van der Waals surface area contributed by atoms with Crippen molar-refractivity contribution in [2.75, 3.05) is 6.54 Å². The second-order valence-electron chi connectivity index (χ2n) is 4.73. The number of pyridine rings is 1. The summed E-state index contributed by atoms with van der Waals surface area (Å²) in [6, 6.07) is 10.7. The molecule has 1 heterocycles. The molecule has 0 saturated heterocycles. The second-order valence-corrected chi connectivity index (χ2v) is 6.05. The maximum Gasteiger partial charge on any atom is 0.0622 e. The summed E-state index contributed by atoms with van der Waals surface area (Å²) in [7, 11) is 0. The van der Waals surface area contributed by atoms with Crippen LogP contribution in [-0.2, 0) is 6.42 Å². The fraction of sp³-hybridized carbons (Fsp3) is 0.312. The highest BCUT2D eigenvalue weighted by Crippen LogP contribution is 2.24. The van der Waals surface area contributed by atoms with Crippen molar-refractivity contribution in [3.05, 3.63) is 63.3 Å². The fourth-order valence-electron chi connectivity index (χ4n) is 2.11. The van der Waals surface area contributed by atoms with Gasteiger partial charge >= 0.3 is 0 Å². The van der Waals surface area contributed by atoms with Gasteiger partial charge in [-0.1, -0.05) is 46.6 Å². The molecule has 0 bridgehead atoms. The van der Waals surface area contributed by atoms with Gasteiger partial charge in [0, 0.05) is 22.9 Å². The third-order valence-electron chi connectivity index (χ3n) is 3.19. The highest BCUT2D eigenvalue weighted by atomic mass is 79.9. The molecule has 0 aliphatic carbocycles. The van der Waals surface area contributed by atoms with E-state index in [-0.39, 0.29) is 6.04 Å². The van der Waals surface area contributed by atoms with Gasteiger partial charge in [-0.25, -0.2) is 0 Å². The van der Waals surface area contributed by atoms with Crippen molar-refractivity contribution in [2.24, 2.45) is 0 Å². The lowest BCUT2D eigenvalue weighted by molar-refractivity contribution is 0.529. The van der Waals surface area contributed by atoms with Crippen LogP contribution in [0.25, 0.3) is 0 Å². The van der Waals surface area contributed by atoms with Crippen molar-refractivity contribution in [1.82, 2.24) is 10.3 Å². The Morgan fingerprint density at radius 2 is 2.00 bits per heavy atom. The summed E-state index contributed by atoms with van der Waals surface area (Å²) >= 11 is 9.69. The molecule has 106 valence electrons. The number of nitrogens with zero attached hydrogens (tertiary/aromatic N) is 1. The molecule has 0 aliphatic rings. The minimum atomic E-state index is 0.267. The predicted molar refractivity (Wildman–Crippen MR) is 88.1 cm³/mol. The normalized spacial score (nSPS) is 12.3. The van der Waals surface area contributed by atoms with Crippen LogP contribution < -0.4 is 5.32 Å². The number of hydrogen-bond acceptors (Lipinski definition) is 2. The van der Waals surface area contributed by atoms with Crippen molar-refractivity contribution < 1.29 is 0 Å². The van der Waals surface area contributed by atoms with Gasteiger partial charge in [-0.3, -0.25) is 4.98 Å². The highest BCUT2D eigenvalue weighted by molar-refractivity contribution is 9.10. The number of nitrogens with one attached hydrogen (secondary N) is 1. The monoisotopic (exact) mass is 352 g/mol. The molecule has 0 radical (unpaired) electrons. The van der Waals surface area contributed by atoms with Gasteiger partial charge in [-0.2, -0.15) is 0 Å². The van der Waals surface area contributed by atoms with E-state index in [1.54, 1.807) is 12.4 Å². The third kappa shape index (κ3) is 4.30. The number of hydrogen-bond donors (Lipinski definition) is 1. The Balaban J connectivity index is 2.19. The zero-order valence-electron chi connectivity index (χ0n) is 11.4. The molecule has 0 amide bonds. The Kier molecular flexibility index (Phi) is 6.02. The Labute approximate surface area is 133 Å². The summed E-state index contributed by atoms with van der Waals surface area (Å²) in [6.45, 7) is 3.16. The largest absolute Gasteiger partial charge is 0.310 e. The first kappa shape index (κ1) is 15.5. The lowest BCUT2D eigenvalue weighted by Gasteiger charge is -2.20. The van der Waals surface area contributed by atoms with Gasteiger partial charge in [0.15, 0.2) is 0 Å². The number of rotatable bonds is 6. The predicted octanol–water partition coefficient (Wildman–Crippen LogP) is 4.78. The Hall–Kier alpha value is -0.900. The van der Waals surface area contributed by atoms with E-state index < -0.39 is 0 Å². The molecule has 20 heavy (non-hydrogen) atoms. The Bertz CT molecular complexity index is 542. The van der Waals surface area contributed by atoms with Crippen LogP contribution in [0.1, 0.15) is 30.5 Å². The number of aromatic nitrogens is 1. The first-order valence-electron chi connectivity index (χ1n) is 6.78. The molecule has 0 spiro atoms. The molecule has 1 aromatic heterocycles. The molecule has 1 N–H and O–H groups in total. The number of benzene rings is 1. The summed E-state index contributed by atoms with van der Waals surface area (Å²) in [5.41, 5.74) is 2.40. The van der Waals surface area contributed by atoms with Crippen LogP contribution in [-0.4, -0.2) is 11.5 Å². The molecule has 1 atom stereocenters. The zero-order chi connectivity index (χ0) is 14.4. The standard InChI is InChI=1S/C16H18BrClN2/c1-2-8-20-16(12-3-5-14(17)6-4-12)10-13-7-9-19-11-15(13)18/h3-7,9,11,16,20H,2,8,10H2,1H3. The average molecular weight is 354 g/mol. The topological polar surface area (TPSA) is 24.9 Å². The molecular weight excluding hydrogens is 336 g/mol. The van der Waals surface area contributed by atoms with E-state index in [4.69, 9.17) is 11.6 Å². The van der Waals surface area contributed by atoms with Crippen molar-refractivity contribution in [3.8, 4) is 0 Å². The molecule has 2 aromatic rings. The third-order valence-corrected chi connectivity index (χ3v) is 4.06. The van der Waals surface area contributed by atoms with Crippen molar-refractivity contribution in [3.63, 3.8) is 0 Å². The van der Waals surface area contributed by atoms with Crippen molar-refractivity contribution in [2.45, 2.75) is 25.8 Å². The van der Waals surface area contributed by atoms with Gasteiger partial charge in [0.25, 0.3) is 0 Å². The summed E-state index contributed by atoms with van der Waals surface area (Å²) in [5, 5.41) is 4.32. The molecule has 2 rings (SSSR count). The van der Waals surface area contributed by atoms with Gasteiger partial charge in [0.1, 0.15) is 0 Å². The highest BCUT2D eigenvalue weighted by Gasteiger charge is 2.13. The van der Waals surface area contributed by atoms with Crippen molar-refractivity contribution >= 4 is 27.5 Å². The van der Waals surface area contributed by atoms with E-state index in [2.05, 4.69) is 57.4 Å². The fourth-order valence-corrected chi connectivity index (χ4v) is 2.57. The molecule has 2 nitrogen and oxygen atoms in total. The van der Waals surface area contributed by atoms with Gasteiger partial charge in [-0.15, -0.1) is 0 Å². The smallest absolute Gasteiger partial charge is 0.0622 e. The van der Waals surface area contributed by atoms with Gasteiger partial charge < -0.3 is 5.32 Å². The van der Waals surface area contributed by atoms with E-state index in [9.17, 15) is 0 Å². The molecular formula is C16H18BrClN2. The van der Waals surface area contributed by atoms with Gasteiger partial charge in [0.2, 0.25) is 0 Å². The quantitative estimate of drug-likeness (QED) is 0.808. The second kappa shape index (κ2) is 7.77. The molecule has 1 aromatic carbocycles. The summed E-state index contributed by atoms with van der Waals surface area (Å²) < 4.78 is 1.09. The van der Waals surface area contributed by atoms with Crippen LogP contribution in [0.5, 0.6) is 0 Å². The van der Waals surface area contributed by atoms with Crippen LogP contribution >= 0.6 is 27.5 Å². The van der Waals surface area contributed by atoms with E-state index in [1.165, 1.54) is 5.56 Å². The average Bonchev–Trinajstić information content (AvgIpc) is 2.46. The van der Waals surface area contributed by atoms with Crippen molar-refractivity contribution in [1.29, 1.82) is 0 Å². The summed E-state index contributed by atoms with van der Waals surface area (Å²) in [5.74, 6) is 0. The summed E-state index contributed by atoms with van der Waals surface area (Å²) in [4.78, 5) is 4.04. The van der Waals surface area contributed by atoms with Crippen LogP contribution in [0.2, 0.25) is 5.02 Å². The van der Waals surface area contributed by atoms with E-state index >= 15 is 0 Å². The molecule has 0 saturated carbocycles.